The zero-order valence-electron chi connectivity index (χ0n) is 15.9. The van der Waals surface area contributed by atoms with Crippen LogP contribution in [0.4, 0.5) is 0 Å². The molecule has 2 aromatic rings. The topological polar surface area (TPSA) is 88.4 Å². The Labute approximate surface area is 159 Å². The van der Waals surface area contributed by atoms with Crippen molar-refractivity contribution in [2.75, 3.05) is 21.3 Å². The number of benzene rings is 2. The summed E-state index contributed by atoms with van der Waals surface area (Å²) in [6.07, 6.45) is 6.00. The minimum atomic E-state index is -0.371. The molecular formula is C21H26O6. The first-order valence-electron chi connectivity index (χ1n) is 8.68. The molecule has 27 heavy (non-hydrogen) atoms. The summed E-state index contributed by atoms with van der Waals surface area (Å²) in [4.78, 5) is 0. The van der Waals surface area contributed by atoms with Crippen LogP contribution in [0.5, 0.6) is 34.5 Å². The van der Waals surface area contributed by atoms with Gasteiger partial charge in [0, 0.05) is 5.56 Å². The Kier molecular flexibility index (Phi) is 6.82. The van der Waals surface area contributed by atoms with Crippen LogP contribution in [0.3, 0.4) is 0 Å². The second-order valence-electron chi connectivity index (χ2n) is 6.13. The summed E-state index contributed by atoms with van der Waals surface area (Å²) in [7, 11) is 4.22. The third kappa shape index (κ3) is 4.39. The van der Waals surface area contributed by atoms with E-state index >= 15 is 0 Å². The van der Waals surface area contributed by atoms with Crippen molar-refractivity contribution in [2.45, 2.75) is 25.7 Å². The first-order valence-corrected chi connectivity index (χ1v) is 8.68. The van der Waals surface area contributed by atoms with Crippen LogP contribution < -0.4 is 14.2 Å². The van der Waals surface area contributed by atoms with Gasteiger partial charge in [-0.3, -0.25) is 0 Å². The monoisotopic (exact) mass is 374 g/mol. The van der Waals surface area contributed by atoms with Crippen molar-refractivity contribution in [2.24, 2.45) is 0 Å². The molecule has 3 rings (SSSR count). The van der Waals surface area contributed by atoms with E-state index in [0.717, 1.165) is 0 Å². The molecule has 6 heteroatoms. The van der Waals surface area contributed by atoms with Gasteiger partial charge in [0.2, 0.25) is 11.5 Å². The van der Waals surface area contributed by atoms with Gasteiger partial charge in [-0.2, -0.15) is 0 Å². The molecule has 0 radical (unpaired) electrons. The maximum Gasteiger partial charge on any atom is 0.201 e. The molecule has 1 saturated carbocycles. The second-order valence-corrected chi connectivity index (χ2v) is 6.13. The molecule has 0 heterocycles. The van der Waals surface area contributed by atoms with E-state index < -0.39 is 0 Å². The zero-order valence-corrected chi connectivity index (χ0v) is 15.9. The lowest BCUT2D eigenvalue weighted by atomic mass is 9.97. The fourth-order valence-corrected chi connectivity index (χ4v) is 2.44. The standard InChI is InChI=1S/C17H18O6.C4H8/c1-9(11-5-6-12(21-2)17(20)15(11)18)10-7-13(22-3)16(19)14(8-10)23-4;1-2-4-3-1/h5-8,18-20H,1H2,2-4H3;1-4H2. The number of methoxy groups -OCH3 is 3. The quantitative estimate of drug-likeness (QED) is 0.670. The number of aromatic hydroxyl groups is 3. The Hall–Kier alpha value is -3.02. The molecule has 2 aromatic carbocycles. The molecule has 0 aromatic heterocycles. The average molecular weight is 374 g/mol. The summed E-state index contributed by atoms with van der Waals surface area (Å²) in [5, 5.41) is 30.0. The first kappa shape index (κ1) is 20.3. The van der Waals surface area contributed by atoms with E-state index in [2.05, 4.69) is 6.58 Å². The third-order valence-corrected chi connectivity index (χ3v) is 4.49. The SMILES string of the molecule is C1CCC1.C=C(c1cc(OC)c(O)c(OC)c1)c1ccc(OC)c(O)c1O. The maximum absolute atomic E-state index is 10.1. The van der Waals surface area contributed by atoms with Crippen molar-refractivity contribution < 1.29 is 29.5 Å². The minimum absolute atomic E-state index is 0.131. The molecule has 0 aliphatic heterocycles. The Morgan fingerprint density at radius 2 is 1.22 bits per heavy atom. The molecule has 0 saturated heterocycles. The Balaban J connectivity index is 0.000000576. The van der Waals surface area contributed by atoms with E-state index in [1.54, 1.807) is 18.2 Å². The molecule has 3 N–H and O–H groups in total. The second kappa shape index (κ2) is 9.07. The van der Waals surface area contributed by atoms with E-state index in [0.29, 0.717) is 16.7 Å². The minimum Gasteiger partial charge on any atom is -0.504 e. The molecule has 1 aliphatic carbocycles. The van der Waals surface area contributed by atoms with Gasteiger partial charge in [0.25, 0.3) is 0 Å². The summed E-state index contributed by atoms with van der Waals surface area (Å²) in [5.74, 6) is -0.284. The Morgan fingerprint density at radius 1 is 0.741 bits per heavy atom. The maximum atomic E-state index is 10.1. The number of ether oxygens (including phenoxy) is 3. The molecule has 1 fully saturated rings. The van der Waals surface area contributed by atoms with Crippen LogP contribution >= 0.6 is 0 Å². The number of phenolic OH excluding ortho intramolecular Hbond substituents is 3. The van der Waals surface area contributed by atoms with Crippen LogP contribution in [-0.2, 0) is 0 Å². The average Bonchev–Trinajstić information content (AvgIpc) is 2.62. The van der Waals surface area contributed by atoms with E-state index in [-0.39, 0.29) is 34.5 Å². The normalized spacial score (nSPS) is 12.3. The predicted octanol–water partition coefficient (Wildman–Crippen LogP) is 4.45. The molecular weight excluding hydrogens is 348 g/mol. The zero-order chi connectivity index (χ0) is 20.0. The highest BCUT2D eigenvalue weighted by Crippen LogP contribution is 2.44. The lowest BCUT2D eigenvalue weighted by Gasteiger charge is -2.15. The van der Waals surface area contributed by atoms with E-state index in [4.69, 9.17) is 14.2 Å². The van der Waals surface area contributed by atoms with Crippen LogP contribution in [0.1, 0.15) is 36.8 Å². The highest BCUT2D eigenvalue weighted by Gasteiger charge is 2.18. The summed E-state index contributed by atoms with van der Waals surface area (Å²) in [6.45, 7) is 3.93. The van der Waals surface area contributed by atoms with Crippen LogP contribution in [0.2, 0.25) is 0 Å². The molecule has 6 nitrogen and oxygen atoms in total. The van der Waals surface area contributed by atoms with Gasteiger partial charge in [0.1, 0.15) is 0 Å². The van der Waals surface area contributed by atoms with Crippen LogP contribution in [0, 0.1) is 0 Å². The predicted molar refractivity (Wildman–Crippen MR) is 104 cm³/mol. The lowest BCUT2D eigenvalue weighted by Crippen LogP contribution is -1.94. The molecule has 0 bridgehead atoms. The van der Waals surface area contributed by atoms with Gasteiger partial charge >= 0.3 is 0 Å². The van der Waals surface area contributed by atoms with E-state index in [9.17, 15) is 15.3 Å². The van der Waals surface area contributed by atoms with Crippen molar-refractivity contribution in [1.82, 2.24) is 0 Å². The van der Waals surface area contributed by atoms with Gasteiger partial charge in [-0.25, -0.2) is 0 Å². The van der Waals surface area contributed by atoms with E-state index in [1.807, 2.05) is 0 Å². The molecule has 0 unspecified atom stereocenters. The summed E-state index contributed by atoms with van der Waals surface area (Å²) < 4.78 is 15.1. The van der Waals surface area contributed by atoms with Crippen LogP contribution in [0.15, 0.2) is 30.8 Å². The number of rotatable bonds is 5. The largest absolute Gasteiger partial charge is 0.504 e. The molecule has 1 aliphatic rings. The number of hydrogen-bond acceptors (Lipinski definition) is 6. The highest BCUT2D eigenvalue weighted by atomic mass is 16.5. The van der Waals surface area contributed by atoms with Gasteiger partial charge in [-0.05, 0) is 35.4 Å². The van der Waals surface area contributed by atoms with Crippen molar-refractivity contribution in [3.8, 4) is 34.5 Å². The molecule has 0 amide bonds. The highest BCUT2D eigenvalue weighted by molar-refractivity contribution is 5.84. The lowest BCUT2D eigenvalue weighted by molar-refractivity contribution is 0.339. The summed E-state index contributed by atoms with van der Waals surface area (Å²) >= 11 is 0. The molecule has 0 spiro atoms. The summed E-state index contributed by atoms with van der Waals surface area (Å²) in [5.41, 5.74) is 1.28. The number of phenols is 3. The van der Waals surface area contributed by atoms with Gasteiger partial charge in [0.15, 0.2) is 23.0 Å². The first-order chi connectivity index (χ1) is 12.9. The summed E-state index contributed by atoms with van der Waals surface area (Å²) in [6, 6.07) is 6.20. The molecule has 146 valence electrons. The van der Waals surface area contributed by atoms with Crippen molar-refractivity contribution in [3.05, 3.63) is 42.0 Å². The van der Waals surface area contributed by atoms with Crippen molar-refractivity contribution >= 4 is 5.57 Å². The number of hydrogen-bond donors (Lipinski definition) is 3. The van der Waals surface area contributed by atoms with E-state index in [1.165, 1.54) is 53.1 Å². The van der Waals surface area contributed by atoms with Gasteiger partial charge in [-0.1, -0.05) is 32.3 Å². The van der Waals surface area contributed by atoms with Crippen LogP contribution in [0.25, 0.3) is 5.57 Å². The van der Waals surface area contributed by atoms with Gasteiger partial charge in [0.05, 0.1) is 21.3 Å². The fourth-order valence-electron chi connectivity index (χ4n) is 2.44. The van der Waals surface area contributed by atoms with Crippen molar-refractivity contribution in [3.63, 3.8) is 0 Å². The Morgan fingerprint density at radius 3 is 1.63 bits per heavy atom. The fraction of sp³-hybridized carbons (Fsp3) is 0.333. The van der Waals surface area contributed by atoms with Gasteiger partial charge < -0.3 is 29.5 Å². The molecule has 0 atom stereocenters. The van der Waals surface area contributed by atoms with Gasteiger partial charge in [-0.15, -0.1) is 0 Å². The Bertz CT molecular complexity index is 780. The van der Waals surface area contributed by atoms with Crippen molar-refractivity contribution in [1.29, 1.82) is 0 Å². The smallest absolute Gasteiger partial charge is 0.201 e. The third-order valence-electron chi connectivity index (χ3n) is 4.49. The van der Waals surface area contributed by atoms with Crippen LogP contribution in [-0.4, -0.2) is 36.6 Å².